The van der Waals surface area contributed by atoms with Crippen molar-refractivity contribution >= 4 is 23.3 Å². The SMILES string of the molecule is CCCCc1ccc2c(c1)C(=O)C(=NO)CS2. The number of carbonyl (C=O) groups is 1. The summed E-state index contributed by atoms with van der Waals surface area (Å²) in [6.07, 6.45) is 3.26. The molecule has 1 aromatic carbocycles. The number of unbranched alkanes of at least 4 members (excludes halogenated alkanes) is 1. The predicted molar refractivity (Wildman–Crippen MR) is 69.3 cm³/mol. The lowest BCUT2D eigenvalue weighted by atomic mass is 10.0. The van der Waals surface area contributed by atoms with Gasteiger partial charge in [-0.2, -0.15) is 0 Å². The number of fused-ring (bicyclic) bond motifs is 1. The molecule has 1 N–H and O–H groups in total. The second-order valence-electron chi connectivity index (χ2n) is 4.10. The molecule has 0 spiro atoms. The van der Waals surface area contributed by atoms with Crippen LogP contribution < -0.4 is 0 Å². The van der Waals surface area contributed by atoms with E-state index in [1.54, 1.807) is 11.8 Å². The molecule has 1 aliphatic rings. The van der Waals surface area contributed by atoms with E-state index in [0.717, 1.165) is 24.2 Å². The van der Waals surface area contributed by atoms with Crippen LogP contribution in [0.15, 0.2) is 28.3 Å². The lowest BCUT2D eigenvalue weighted by Crippen LogP contribution is -2.22. The first-order valence-electron chi connectivity index (χ1n) is 5.77. The van der Waals surface area contributed by atoms with Crippen molar-refractivity contribution in [2.75, 3.05) is 5.75 Å². The first kappa shape index (κ1) is 12.2. The minimum atomic E-state index is -0.139. The largest absolute Gasteiger partial charge is 0.411 e. The average Bonchev–Trinajstić information content (AvgIpc) is 2.37. The predicted octanol–water partition coefficient (Wildman–Crippen LogP) is 3.15. The summed E-state index contributed by atoms with van der Waals surface area (Å²) in [6.45, 7) is 2.15. The zero-order chi connectivity index (χ0) is 12.3. The Morgan fingerprint density at radius 3 is 3.00 bits per heavy atom. The molecule has 90 valence electrons. The van der Waals surface area contributed by atoms with Crippen molar-refractivity contribution in [3.05, 3.63) is 29.3 Å². The summed E-state index contributed by atoms with van der Waals surface area (Å²) in [5.74, 6) is 0.316. The second-order valence-corrected chi connectivity index (χ2v) is 5.12. The van der Waals surface area contributed by atoms with Gasteiger partial charge in [-0.05, 0) is 30.5 Å². The molecule has 17 heavy (non-hydrogen) atoms. The van der Waals surface area contributed by atoms with Gasteiger partial charge in [-0.3, -0.25) is 4.79 Å². The molecule has 0 bridgehead atoms. The standard InChI is InChI=1S/C13H15NO2S/c1-2-3-4-9-5-6-12-10(7-9)13(15)11(14-16)8-17-12/h5-7,16H,2-4,8H2,1H3. The maximum atomic E-state index is 12.0. The molecule has 2 rings (SSSR count). The van der Waals surface area contributed by atoms with E-state index in [-0.39, 0.29) is 11.5 Å². The Bertz CT molecular complexity index is 468. The van der Waals surface area contributed by atoms with Gasteiger partial charge in [0.2, 0.25) is 5.78 Å². The third kappa shape index (κ3) is 2.52. The van der Waals surface area contributed by atoms with E-state index in [0.29, 0.717) is 11.3 Å². The van der Waals surface area contributed by atoms with Gasteiger partial charge < -0.3 is 5.21 Å². The van der Waals surface area contributed by atoms with Crippen molar-refractivity contribution in [2.45, 2.75) is 31.1 Å². The number of aryl methyl sites for hydroxylation is 1. The zero-order valence-electron chi connectivity index (χ0n) is 9.77. The fourth-order valence-electron chi connectivity index (χ4n) is 1.86. The molecule has 0 saturated heterocycles. The van der Waals surface area contributed by atoms with E-state index in [1.807, 2.05) is 12.1 Å². The van der Waals surface area contributed by atoms with Crippen LogP contribution in [0.5, 0.6) is 0 Å². The van der Waals surface area contributed by atoms with Gasteiger partial charge in [-0.15, -0.1) is 11.8 Å². The Morgan fingerprint density at radius 1 is 1.47 bits per heavy atom. The average molecular weight is 249 g/mol. The quantitative estimate of drug-likeness (QED) is 0.661. The van der Waals surface area contributed by atoms with Crippen LogP contribution in [-0.2, 0) is 6.42 Å². The van der Waals surface area contributed by atoms with Gasteiger partial charge in [0.05, 0.1) is 0 Å². The lowest BCUT2D eigenvalue weighted by molar-refractivity contribution is 0.105. The number of ketones is 1. The molecule has 3 nitrogen and oxygen atoms in total. The number of oxime groups is 1. The maximum absolute atomic E-state index is 12.0. The van der Waals surface area contributed by atoms with Crippen LogP contribution in [-0.4, -0.2) is 22.5 Å². The van der Waals surface area contributed by atoms with Crippen molar-refractivity contribution in [3.8, 4) is 0 Å². The molecular weight excluding hydrogens is 234 g/mol. The Balaban J connectivity index is 2.30. The van der Waals surface area contributed by atoms with Crippen molar-refractivity contribution in [1.82, 2.24) is 0 Å². The molecule has 4 heteroatoms. The lowest BCUT2D eigenvalue weighted by Gasteiger charge is -2.15. The third-order valence-corrected chi connectivity index (χ3v) is 3.94. The molecule has 0 saturated carbocycles. The third-order valence-electron chi connectivity index (χ3n) is 2.85. The van der Waals surface area contributed by atoms with Crippen LogP contribution in [0, 0.1) is 0 Å². The zero-order valence-corrected chi connectivity index (χ0v) is 10.6. The Morgan fingerprint density at radius 2 is 2.29 bits per heavy atom. The highest BCUT2D eigenvalue weighted by Gasteiger charge is 2.24. The molecule has 1 aromatic rings. The molecule has 0 unspecified atom stereocenters. The Labute approximate surface area is 105 Å². The number of hydrogen-bond donors (Lipinski definition) is 1. The molecule has 1 aliphatic heterocycles. The fraction of sp³-hybridized carbons (Fsp3) is 0.385. The Hall–Kier alpha value is -1.29. The summed E-state index contributed by atoms with van der Waals surface area (Å²) in [6, 6.07) is 6.01. The number of nitrogens with zero attached hydrogens (tertiary/aromatic N) is 1. The fourth-order valence-corrected chi connectivity index (χ4v) is 2.81. The van der Waals surface area contributed by atoms with Gasteiger partial charge in [0.1, 0.15) is 5.71 Å². The summed E-state index contributed by atoms with van der Waals surface area (Å²) in [7, 11) is 0. The highest BCUT2D eigenvalue weighted by atomic mass is 32.2. The molecule has 0 fully saturated rings. The van der Waals surface area contributed by atoms with Gasteiger partial charge in [-0.25, -0.2) is 0 Å². The molecule has 0 radical (unpaired) electrons. The van der Waals surface area contributed by atoms with Crippen LogP contribution in [0.1, 0.15) is 35.7 Å². The molecule has 0 amide bonds. The first-order chi connectivity index (χ1) is 8.26. The topological polar surface area (TPSA) is 49.7 Å². The number of hydrogen-bond acceptors (Lipinski definition) is 4. The van der Waals surface area contributed by atoms with Gasteiger partial charge in [0.15, 0.2) is 0 Å². The van der Waals surface area contributed by atoms with Gasteiger partial charge in [0, 0.05) is 16.2 Å². The Kier molecular flexibility index (Phi) is 3.84. The molecular formula is C13H15NO2S. The van der Waals surface area contributed by atoms with E-state index in [4.69, 9.17) is 5.21 Å². The summed E-state index contributed by atoms with van der Waals surface area (Å²) in [5.41, 5.74) is 2.11. The summed E-state index contributed by atoms with van der Waals surface area (Å²) in [4.78, 5) is 13.0. The van der Waals surface area contributed by atoms with E-state index >= 15 is 0 Å². The van der Waals surface area contributed by atoms with Crippen LogP contribution in [0.4, 0.5) is 0 Å². The second kappa shape index (κ2) is 5.36. The van der Waals surface area contributed by atoms with Crippen LogP contribution in [0.25, 0.3) is 0 Å². The van der Waals surface area contributed by atoms with Gasteiger partial charge in [-0.1, -0.05) is 24.6 Å². The highest BCUT2D eigenvalue weighted by molar-refractivity contribution is 8.00. The smallest absolute Gasteiger partial charge is 0.212 e. The maximum Gasteiger partial charge on any atom is 0.212 e. The summed E-state index contributed by atoms with van der Waals surface area (Å²) >= 11 is 1.55. The van der Waals surface area contributed by atoms with Crippen molar-refractivity contribution < 1.29 is 10.0 Å². The van der Waals surface area contributed by atoms with E-state index in [2.05, 4.69) is 18.1 Å². The monoisotopic (exact) mass is 249 g/mol. The van der Waals surface area contributed by atoms with Gasteiger partial charge in [0.25, 0.3) is 0 Å². The normalized spacial score (nSPS) is 17.2. The van der Waals surface area contributed by atoms with E-state index in [9.17, 15) is 4.79 Å². The van der Waals surface area contributed by atoms with Crippen LogP contribution in [0.3, 0.4) is 0 Å². The van der Waals surface area contributed by atoms with Crippen LogP contribution in [0.2, 0.25) is 0 Å². The van der Waals surface area contributed by atoms with E-state index < -0.39 is 0 Å². The summed E-state index contributed by atoms with van der Waals surface area (Å²) < 4.78 is 0. The number of carbonyl (C=O) groups excluding carboxylic acids is 1. The van der Waals surface area contributed by atoms with Gasteiger partial charge >= 0.3 is 0 Å². The van der Waals surface area contributed by atoms with Crippen molar-refractivity contribution in [2.24, 2.45) is 5.16 Å². The first-order valence-corrected chi connectivity index (χ1v) is 6.76. The highest BCUT2D eigenvalue weighted by Crippen LogP contribution is 2.29. The minimum Gasteiger partial charge on any atom is -0.411 e. The minimum absolute atomic E-state index is 0.139. The van der Waals surface area contributed by atoms with Crippen LogP contribution >= 0.6 is 11.8 Å². The number of rotatable bonds is 3. The molecule has 0 aliphatic carbocycles. The summed E-state index contributed by atoms with van der Waals surface area (Å²) in [5, 5.41) is 11.8. The van der Waals surface area contributed by atoms with Crippen molar-refractivity contribution in [3.63, 3.8) is 0 Å². The number of benzene rings is 1. The molecule has 0 aromatic heterocycles. The number of Topliss-reactive ketones (excluding diaryl/α,β-unsaturated/α-hetero) is 1. The molecule has 1 heterocycles. The van der Waals surface area contributed by atoms with E-state index in [1.165, 1.54) is 5.56 Å². The number of thioether (sulfide) groups is 1. The molecule has 0 atom stereocenters. The van der Waals surface area contributed by atoms with Crippen molar-refractivity contribution in [1.29, 1.82) is 0 Å².